The molecule has 2 unspecified atom stereocenters. The summed E-state index contributed by atoms with van der Waals surface area (Å²) in [6.07, 6.45) is -1.29. The molecular weight excluding hydrogens is 383 g/mol. The molecule has 1 aromatic rings. The number of likely N-dealkylation sites (tertiary alicyclic amines) is 2. The highest BCUT2D eigenvalue weighted by atomic mass is 19.4. The Morgan fingerprint density at radius 3 is 2.24 bits per heavy atom. The molecule has 3 aliphatic rings. The number of β-amino-alcohol motifs (C(OH)–C–C–N with tert-alkyl or cyclic N) is 1. The van der Waals surface area contributed by atoms with Crippen LogP contribution < -0.4 is 0 Å². The smallest absolute Gasteiger partial charge is 0.389 e. The number of carbonyl (C=O) groups is 1. The highest BCUT2D eigenvalue weighted by molar-refractivity contribution is 5.91. The average molecular weight is 407 g/mol. The summed E-state index contributed by atoms with van der Waals surface area (Å²) >= 11 is 0. The number of alkyl halides is 3. The second-order valence-corrected chi connectivity index (χ2v) is 8.15. The van der Waals surface area contributed by atoms with Crippen LogP contribution in [0.4, 0.5) is 18.0 Å². The molecule has 156 valence electrons. The van der Waals surface area contributed by atoms with E-state index < -0.39 is 17.8 Å². The Morgan fingerprint density at radius 1 is 1.07 bits per heavy atom. The minimum absolute atomic E-state index is 0.0604. The van der Waals surface area contributed by atoms with E-state index in [0.29, 0.717) is 26.2 Å². The molecule has 0 saturated carbocycles. The van der Waals surface area contributed by atoms with Crippen LogP contribution in [-0.4, -0.2) is 58.9 Å². The highest BCUT2D eigenvalue weighted by Crippen LogP contribution is 2.36. The minimum Gasteiger partial charge on any atom is -0.389 e. The summed E-state index contributed by atoms with van der Waals surface area (Å²) in [6.45, 7) is 3.59. The van der Waals surface area contributed by atoms with Gasteiger partial charge in [-0.1, -0.05) is 18.2 Å². The molecule has 1 N–H and O–H groups in total. The van der Waals surface area contributed by atoms with Crippen molar-refractivity contribution in [3.8, 4) is 0 Å². The number of halogens is 3. The van der Waals surface area contributed by atoms with Gasteiger partial charge >= 0.3 is 12.2 Å². The summed E-state index contributed by atoms with van der Waals surface area (Å²) in [5.74, 6) is 0.00897. The SMILES string of the molecule is CC1=CCC(C2CC(c3ccc(C(F)(F)F)cc3)CN(C(=O)N3CC(O)C3)C2)=N1. The average Bonchev–Trinajstić information content (AvgIpc) is 3.10. The molecule has 0 radical (unpaired) electrons. The number of benzene rings is 1. The van der Waals surface area contributed by atoms with Gasteiger partial charge in [0.15, 0.2) is 0 Å². The van der Waals surface area contributed by atoms with Gasteiger partial charge in [0, 0.05) is 42.8 Å². The van der Waals surface area contributed by atoms with E-state index in [-0.39, 0.29) is 17.9 Å². The first-order valence-corrected chi connectivity index (χ1v) is 9.84. The fraction of sp³-hybridized carbons (Fsp3) is 0.524. The third kappa shape index (κ3) is 4.17. The summed E-state index contributed by atoms with van der Waals surface area (Å²) in [5.41, 5.74) is 2.12. The summed E-state index contributed by atoms with van der Waals surface area (Å²) in [4.78, 5) is 20.8. The van der Waals surface area contributed by atoms with Gasteiger partial charge in [-0.05, 0) is 31.0 Å². The molecule has 2 fully saturated rings. The van der Waals surface area contributed by atoms with Gasteiger partial charge in [0.1, 0.15) is 0 Å². The van der Waals surface area contributed by atoms with Crippen molar-refractivity contribution in [2.45, 2.75) is 38.0 Å². The maximum atomic E-state index is 12.9. The summed E-state index contributed by atoms with van der Waals surface area (Å²) < 4.78 is 38.7. The van der Waals surface area contributed by atoms with Crippen LogP contribution in [0.15, 0.2) is 41.0 Å². The summed E-state index contributed by atoms with van der Waals surface area (Å²) in [7, 11) is 0. The van der Waals surface area contributed by atoms with Crippen LogP contribution in [-0.2, 0) is 6.18 Å². The number of carbonyl (C=O) groups excluding carboxylic acids is 1. The molecule has 3 aliphatic heterocycles. The van der Waals surface area contributed by atoms with Crippen molar-refractivity contribution in [3.63, 3.8) is 0 Å². The molecule has 2 amide bonds. The molecule has 5 nitrogen and oxygen atoms in total. The van der Waals surface area contributed by atoms with Crippen LogP contribution in [0.2, 0.25) is 0 Å². The van der Waals surface area contributed by atoms with E-state index in [9.17, 15) is 23.1 Å². The number of piperidine rings is 1. The highest BCUT2D eigenvalue weighted by Gasteiger charge is 2.38. The van der Waals surface area contributed by atoms with Gasteiger partial charge < -0.3 is 14.9 Å². The largest absolute Gasteiger partial charge is 0.416 e. The van der Waals surface area contributed by atoms with Gasteiger partial charge in [-0.15, -0.1) is 0 Å². The zero-order valence-corrected chi connectivity index (χ0v) is 16.2. The third-order valence-corrected chi connectivity index (χ3v) is 5.96. The number of allylic oxidation sites excluding steroid dienone is 2. The maximum absolute atomic E-state index is 12.9. The second-order valence-electron chi connectivity index (χ2n) is 8.15. The normalized spacial score (nSPS) is 25.6. The molecule has 0 spiro atoms. The van der Waals surface area contributed by atoms with E-state index in [1.165, 1.54) is 12.1 Å². The molecule has 2 atom stereocenters. The molecule has 0 aromatic heterocycles. The lowest BCUT2D eigenvalue weighted by Gasteiger charge is -2.44. The number of hydrogen-bond donors (Lipinski definition) is 1. The Kier molecular flexibility index (Phi) is 5.14. The summed E-state index contributed by atoms with van der Waals surface area (Å²) in [5, 5.41) is 9.51. The summed E-state index contributed by atoms with van der Waals surface area (Å²) in [6, 6.07) is 5.13. The molecule has 0 bridgehead atoms. The van der Waals surface area contributed by atoms with E-state index in [0.717, 1.165) is 41.9 Å². The van der Waals surface area contributed by atoms with Crippen molar-refractivity contribution in [3.05, 3.63) is 47.2 Å². The molecular formula is C21H24F3N3O2. The molecule has 0 aliphatic carbocycles. The van der Waals surface area contributed by atoms with E-state index in [1.807, 2.05) is 6.92 Å². The molecule has 2 saturated heterocycles. The lowest BCUT2D eigenvalue weighted by molar-refractivity contribution is -0.137. The molecule has 29 heavy (non-hydrogen) atoms. The van der Waals surface area contributed by atoms with Crippen LogP contribution in [0.1, 0.15) is 36.8 Å². The Labute approximate surface area is 167 Å². The van der Waals surface area contributed by atoms with Crippen molar-refractivity contribution in [2.24, 2.45) is 10.9 Å². The van der Waals surface area contributed by atoms with Gasteiger partial charge in [0.2, 0.25) is 0 Å². The zero-order valence-electron chi connectivity index (χ0n) is 16.2. The number of hydrogen-bond acceptors (Lipinski definition) is 3. The number of aliphatic hydroxyl groups excluding tert-OH is 1. The lowest BCUT2D eigenvalue weighted by Crippen LogP contribution is -2.59. The monoisotopic (exact) mass is 407 g/mol. The third-order valence-electron chi connectivity index (χ3n) is 5.96. The lowest BCUT2D eigenvalue weighted by atomic mass is 9.81. The Hall–Kier alpha value is -2.35. The van der Waals surface area contributed by atoms with Crippen molar-refractivity contribution < 1.29 is 23.1 Å². The van der Waals surface area contributed by atoms with Crippen molar-refractivity contribution in [2.75, 3.05) is 26.2 Å². The predicted molar refractivity (Wildman–Crippen MR) is 103 cm³/mol. The maximum Gasteiger partial charge on any atom is 0.416 e. The van der Waals surface area contributed by atoms with Gasteiger partial charge in [0.25, 0.3) is 0 Å². The van der Waals surface area contributed by atoms with Crippen LogP contribution in [0.5, 0.6) is 0 Å². The van der Waals surface area contributed by atoms with Crippen molar-refractivity contribution in [1.29, 1.82) is 0 Å². The Morgan fingerprint density at radius 2 is 1.69 bits per heavy atom. The van der Waals surface area contributed by atoms with Gasteiger partial charge in [0.05, 0.1) is 24.8 Å². The Bertz CT molecular complexity index is 842. The fourth-order valence-electron chi connectivity index (χ4n) is 4.32. The fourth-order valence-corrected chi connectivity index (χ4v) is 4.32. The minimum atomic E-state index is -4.37. The number of aliphatic imine (C=N–C) groups is 1. The topological polar surface area (TPSA) is 56.1 Å². The van der Waals surface area contributed by atoms with Gasteiger partial charge in [-0.3, -0.25) is 4.99 Å². The molecule has 1 aromatic carbocycles. The van der Waals surface area contributed by atoms with Crippen LogP contribution >= 0.6 is 0 Å². The van der Waals surface area contributed by atoms with E-state index in [4.69, 9.17) is 0 Å². The number of nitrogens with zero attached hydrogens (tertiary/aromatic N) is 3. The Balaban J connectivity index is 1.55. The molecule has 8 heteroatoms. The number of aliphatic hydroxyl groups is 1. The van der Waals surface area contributed by atoms with E-state index in [2.05, 4.69) is 11.1 Å². The van der Waals surface area contributed by atoms with E-state index >= 15 is 0 Å². The van der Waals surface area contributed by atoms with Crippen molar-refractivity contribution >= 4 is 11.7 Å². The number of urea groups is 1. The van der Waals surface area contributed by atoms with Crippen LogP contribution in [0, 0.1) is 5.92 Å². The molecule has 3 heterocycles. The first-order valence-electron chi connectivity index (χ1n) is 9.84. The predicted octanol–water partition coefficient (Wildman–Crippen LogP) is 3.66. The zero-order chi connectivity index (χ0) is 20.8. The molecule has 4 rings (SSSR count). The van der Waals surface area contributed by atoms with Gasteiger partial charge in [-0.2, -0.15) is 13.2 Å². The van der Waals surface area contributed by atoms with Gasteiger partial charge in [-0.25, -0.2) is 4.79 Å². The second kappa shape index (κ2) is 7.48. The van der Waals surface area contributed by atoms with Crippen molar-refractivity contribution in [1.82, 2.24) is 9.80 Å². The van der Waals surface area contributed by atoms with Crippen LogP contribution in [0.3, 0.4) is 0 Å². The van der Waals surface area contributed by atoms with E-state index in [1.54, 1.807) is 9.80 Å². The number of amides is 2. The number of rotatable bonds is 2. The first kappa shape index (κ1) is 19.9. The van der Waals surface area contributed by atoms with Crippen LogP contribution in [0.25, 0.3) is 0 Å². The standard InChI is InChI=1S/C21H24F3N3O2/c1-13-2-7-19(25-13)16-8-15(14-3-5-17(6-4-14)21(22,23)24)9-26(10-16)20(29)27-11-18(28)12-27/h2-6,15-16,18,28H,7-12H2,1H3. The quantitative estimate of drug-likeness (QED) is 0.814. The first-order chi connectivity index (χ1) is 13.7.